The van der Waals surface area contributed by atoms with Gasteiger partial charge < -0.3 is 9.32 Å². The van der Waals surface area contributed by atoms with Crippen LogP contribution in [0.15, 0.2) is 65.1 Å². The van der Waals surface area contributed by atoms with Gasteiger partial charge in [0.1, 0.15) is 11.5 Å². The minimum atomic E-state index is 0.0220. The molecule has 1 aliphatic rings. The van der Waals surface area contributed by atoms with Crippen LogP contribution in [0.1, 0.15) is 24.7 Å². The Hall–Kier alpha value is -2.78. The predicted octanol–water partition coefficient (Wildman–Crippen LogP) is 5.90. The number of furan rings is 1. The highest BCUT2D eigenvalue weighted by Crippen LogP contribution is 2.38. The molecule has 0 fully saturated rings. The van der Waals surface area contributed by atoms with Crippen molar-refractivity contribution in [2.75, 3.05) is 11.4 Å². The van der Waals surface area contributed by atoms with Crippen LogP contribution in [0.2, 0.25) is 5.02 Å². The highest BCUT2D eigenvalue weighted by molar-refractivity contribution is 6.35. The Morgan fingerprint density at radius 2 is 1.92 bits per heavy atom. The third-order valence-electron chi connectivity index (χ3n) is 4.43. The van der Waals surface area contributed by atoms with E-state index in [4.69, 9.17) is 16.0 Å². The average molecular weight is 364 g/mol. The maximum Gasteiger partial charge on any atom is 0.259 e. The van der Waals surface area contributed by atoms with Crippen molar-refractivity contribution < 1.29 is 9.21 Å². The van der Waals surface area contributed by atoms with Crippen LogP contribution in [-0.4, -0.2) is 12.5 Å². The lowest BCUT2D eigenvalue weighted by molar-refractivity contribution is -0.113. The average Bonchev–Trinajstić information content (AvgIpc) is 3.21. The van der Waals surface area contributed by atoms with E-state index in [0.717, 1.165) is 29.0 Å². The molecule has 4 heteroatoms. The summed E-state index contributed by atoms with van der Waals surface area (Å²) in [5.74, 6) is 1.40. The number of benzene rings is 2. The number of amides is 1. The Morgan fingerprint density at radius 1 is 1.08 bits per heavy atom. The molecule has 1 aliphatic heterocycles. The van der Waals surface area contributed by atoms with E-state index in [2.05, 4.69) is 6.92 Å². The minimum Gasteiger partial charge on any atom is -0.457 e. The van der Waals surface area contributed by atoms with E-state index in [1.807, 2.05) is 71.6 Å². The summed E-state index contributed by atoms with van der Waals surface area (Å²) in [4.78, 5) is 14.7. The van der Waals surface area contributed by atoms with Gasteiger partial charge in [-0.15, -0.1) is 0 Å². The Labute approximate surface area is 157 Å². The topological polar surface area (TPSA) is 33.5 Å². The molecule has 1 amide bonds. The summed E-state index contributed by atoms with van der Waals surface area (Å²) < 4.78 is 5.94. The number of anilines is 1. The van der Waals surface area contributed by atoms with Gasteiger partial charge in [0.15, 0.2) is 0 Å². The van der Waals surface area contributed by atoms with Crippen molar-refractivity contribution >= 4 is 34.8 Å². The molecule has 3 aromatic rings. The highest BCUT2D eigenvalue weighted by atomic mass is 35.5. The largest absolute Gasteiger partial charge is 0.457 e. The van der Waals surface area contributed by atoms with Gasteiger partial charge in [-0.1, -0.05) is 48.9 Å². The van der Waals surface area contributed by atoms with Gasteiger partial charge in [-0.3, -0.25) is 4.79 Å². The molecule has 0 spiro atoms. The van der Waals surface area contributed by atoms with Crippen molar-refractivity contribution in [3.63, 3.8) is 0 Å². The molecule has 1 aromatic heterocycles. The lowest BCUT2D eigenvalue weighted by atomic mass is 10.1. The van der Waals surface area contributed by atoms with Crippen LogP contribution in [0.25, 0.3) is 23.0 Å². The van der Waals surface area contributed by atoms with E-state index in [9.17, 15) is 4.79 Å². The minimum absolute atomic E-state index is 0.0220. The first kappa shape index (κ1) is 16.7. The summed E-state index contributed by atoms with van der Waals surface area (Å²) in [6.07, 6.45) is 2.73. The Kier molecular flexibility index (Phi) is 4.39. The third kappa shape index (κ3) is 2.95. The van der Waals surface area contributed by atoms with Crippen molar-refractivity contribution in [3.8, 4) is 11.3 Å². The van der Waals surface area contributed by atoms with E-state index < -0.39 is 0 Å². The summed E-state index contributed by atoms with van der Waals surface area (Å²) in [5.41, 5.74) is 3.49. The van der Waals surface area contributed by atoms with Crippen LogP contribution in [-0.2, 0) is 4.79 Å². The number of hydrogen-bond donors (Lipinski definition) is 0. The van der Waals surface area contributed by atoms with E-state index in [1.54, 1.807) is 0 Å². The second kappa shape index (κ2) is 6.85. The first-order chi connectivity index (χ1) is 12.7. The van der Waals surface area contributed by atoms with E-state index in [0.29, 0.717) is 22.9 Å². The number of halogens is 1. The van der Waals surface area contributed by atoms with Gasteiger partial charge >= 0.3 is 0 Å². The molecule has 0 N–H and O–H groups in total. The van der Waals surface area contributed by atoms with Gasteiger partial charge in [0.05, 0.1) is 11.3 Å². The molecule has 130 valence electrons. The molecular weight excluding hydrogens is 346 g/mol. The molecule has 2 aromatic carbocycles. The van der Waals surface area contributed by atoms with E-state index >= 15 is 0 Å². The molecule has 2 heterocycles. The van der Waals surface area contributed by atoms with Gasteiger partial charge in [0.2, 0.25) is 0 Å². The lowest BCUT2D eigenvalue weighted by Crippen LogP contribution is -2.26. The fraction of sp³-hybridized carbons (Fsp3) is 0.136. The van der Waals surface area contributed by atoms with Gasteiger partial charge in [-0.2, -0.15) is 0 Å². The van der Waals surface area contributed by atoms with Crippen LogP contribution in [0.4, 0.5) is 5.69 Å². The van der Waals surface area contributed by atoms with Crippen LogP contribution in [0, 0.1) is 0 Å². The first-order valence-electron chi connectivity index (χ1n) is 8.66. The number of carbonyl (C=O) groups excluding carboxylic acids is 1. The number of fused-ring (bicyclic) bond motifs is 1. The monoisotopic (exact) mass is 363 g/mol. The van der Waals surface area contributed by atoms with Gasteiger partial charge in [-0.05, 0) is 42.8 Å². The van der Waals surface area contributed by atoms with E-state index in [-0.39, 0.29) is 5.91 Å². The van der Waals surface area contributed by atoms with Crippen molar-refractivity contribution in [2.45, 2.75) is 13.3 Å². The van der Waals surface area contributed by atoms with Crippen molar-refractivity contribution in [1.29, 1.82) is 0 Å². The molecule has 0 saturated carbocycles. The van der Waals surface area contributed by atoms with Crippen LogP contribution >= 0.6 is 11.6 Å². The summed E-state index contributed by atoms with van der Waals surface area (Å²) in [5, 5.41) is 0.661. The number of para-hydroxylation sites is 1. The standard InChI is InChI=1S/C22H18ClNO2/c1-2-12-24-20-9-4-3-8-18(20)19(22(24)25)14-17-10-11-21(26-17)15-6-5-7-16(23)13-15/h3-11,13-14H,2,12H2,1H3/b19-14-. The van der Waals surface area contributed by atoms with E-state index in [1.165, 1.54) is 0 Å². The summed E-state index contributed by atoms with van der Waals surface area (Å²) in [6.45, 7) is 2.78. The molecule has 0 aliphatic carbocycles. The normalized spacial score (nSPS) is 14.9. The molecule has 26 heavy (non-hydrogen) atoms. The smallest absolute Gasteiger partial charge is 0.259 e. The summed E-state index contributed by atoms with van der Waals surface area (Å²) >= 11 is 6.06. The molecule has 0 bridgehead atoms. The van der Waals surface area contributed by atoms with Crippen LogP contribution in [0.3, 0.4) is 0 Å². The highest BCUT2D eigenvalue weighted by Gasteiger charge is 2.31. The SMILES string of the molecule is CCCN1C(=O)/C(=C\c2ccc(-c3cccc(Cl)c3)o2)c2ccccc21. The Bertz CT molecular complexity index is 1000. The van der Waals surface area contributed by atoms with Crippen molar-refractivity contribution in [2.24, 2.45) is 0 Å². The molecule has 0 atom stereocenters. The third-order valence-corrected chi connectivity index (χ3v) is 4.67. The number of carbonyl (C=O) groups is 1. The number of rotatable bonds is 4. The maximum absolute atomic E-state index is 12.9. The summed E-state index contributed by atoms with van der Waals surface area (Å²) in [6, 6.07) is 19.2. The summed E-state index contributed by atoms with van der Waals surface area (Å²) in [7, 11) is 0. The van der Waals surface area contributed by atoms with Gasteiger partial charge in [-0.25, -0.2) is 0 Å². The van der Waals surface area contributed by atoms with Crippen LogP contribution in [0.5, 0.6) is 0 Å². The van der Waals surface area contributed by atoms with Crippen molar-refractivity contribution in [1.82, 2.24) is 0 Å². The number of hydrogen-bond acceptors (Lipinski definition) is 2. The number of nitrogens with zero attached hydrogens (tertiary/aromatic N) is 1. The fourth-order valence-corrected chi connectivity index (χ4v) is 3.45. The van der Waals surface area contributed by atoms with Crippen molar-refractivity contribution in [3.05, 3.63) is 77.0 Å². The molecule has 4 rings (SSSR count). The first-order valence-corrected chi connectivity index (χ1v) is 9.04. The van der Waals surface area contributed by atoms with Gasteiger partial charge in [0.25, 0.3) is 5.91 Å². The molecular formula is C22H18ClNO2. The van der Waals surface area contributed by atoms with Crippen LogP contribution < -0.4 is 4.90 Å². The zero-order chi connectivity index (χ0) is 18.1. The molecule has 0 saturated heterocycles. The molecule has 0 unspecified atom stereocenters. The Morgan fingerprint density at radius 3 is 2.73 bits per heavy atom. The fourth-order valence-electron chi connectivity index (χ4n) is 3.26. The second-order valence-corrected chi connectivity index (χ2v) is 6.68. The molecule has 0 radical (unpaired) electrons. The Balaban J connectivity index is 1.72. The zero-order valence-electron chi connectivity index (χ0n) is 14.4. The zero-order valence-corrected chi connectivity index (χ0v) is 15.2. The maximum atomic E-state index is 12.9. The quantitative estimate of drug-likeness (QED) is 0.541. The molecule has 3 nitrogen and oxygen atoms in total. The second-order valence-electron chi connectivity index (χ2n) is 6.24. The lowest BCUT2D eigenvalue weighted by Gasteiger charge is -2.15. The van der Waals surface area contributed by atoms with Gasteiger partial charge in [0, 0.05) is 22.7 Å². The predicted molar refractivity (Wildman–Crippen MR) is 106 cm³/mol.